The Morgan fingerprint density at radius 2 is 2.05 bits per heavy atom. The van der Waals surface area contributed by atoms with Crippen LogP contribution in [0, 0.1) is 7.14 Å². The molecular weight excluding hydrogens is 488 g/mol. The second kappa shape index (κ2) is 8.01. The number of amides is 1. The largest absolute Gasteiger partial charge is 0.479 e. The third-order valence-electron chi connectivity index (χ3n) is 2.57. The number of carboxylic acids is 1. The van der Waals surface area contributed by atoms with E-state index in [1.165, 1.54) is 7.05 Å². The van der Waals surface area contributed by atoms with Crippen molar-refractivity contribution in [3.05, 3.63) is 24.8 Å². The van der Waals surface area contributed by atoms with Crippen LogP contribution in [-0.4, -0.2) is 30.1 Å². The molecular formula is C13H15I2NO4. The summed E-state index contributed by atoms with van der Waals surface area (Å²) in [5, 5.41) is 11.7. The van der Waals surface area contributed by atoms with Crippen LogP contribution in [0.4, 0.5) is 0 Å². The standard InChI is InChI=1S/C13H15I2NO4/c1-3-4-10(13(18)19)20-11-8(12(17)16-2)5-7(14)6-9(11)15/h5-6,10H,3-4H2,1-2H3,(H,16,17)(H,18,19). The van der Waals surface area contributed by atoms with Crippen LogP contribution in [0.2, 0.25) is 0 Å². The van der Waals surface area contributed by atoms with Gasteiger partial charge in [0.1, 0.15) is 5.75 Å². The number of halogens is 2. The highest BCUT2D eigenvalue weighted by molar-refractivity contribution is 14.1. The smallest absolute Gasteiger partial charge is 0.344 e. The van der Waals surface area contributed by atoms with Crippen LogP contribution in [0.15, 0.2) is 12.1 Å². The molecule has 0 aliphatic carbocycles. The lowest BCUT2D eigenvalue weighted by atomic mass is 10.1. The molecule has 0 aromatic heterocycles. The molecule has 1 atom stereocenters. The highest BCUT2D eigenvalue weighted by Crippen LogP contribution is 2.30. The van der Waals surface area contributed by atoms with Crippen molar-refractivity contribution in [1.82, 2.24) is 5.32 Å². The lowest BCUT2D eigenvalue weighted by Crippen LogP contribution is -2.29. The van der Waals surface area contributed by atoms with Gasteiger partial charge in [-0.1, -0.05) is 13.3 Å². The van der Waals surface area contributed by atoms with Crippen LogP contribution in [0.3, 0.4) is 0 Å². The van der Waals surface area contributed by atoms with Crippen molar-refractivity contribution < 1.29 is 19.4 Å². The van der Waals surface area contributed by atoms with E-state index < -0.39 is 12.1 Å². The Bertz CT molecular complexity index is 519. The Morgan fingerprint density at radius 3 is 2.55 bits per heavy atom. The van der Waals surface area contributed by atoms with E-state index in [4.69, 9.17) is 9.84 Å². The number of hydrogen-bond acceptors (Lipinski definition) is 3. The van der Waals surface area contributed by atoms with Crippen molar-refractivity contribution in [3.8, 4) is 5.75 Å². The van der Waals surface area contributed by atoms with Gasteiger partial charge < -0.3 is 15.2 Å². The molecule has 1 amide bonds. The van der Waals surface area contributed by atoms with Crippen molar-refractivity contribution in [2.75, 3.05) is 7.05 Å². The van der Waals surface area contributed by atoms with E-state index in [0.29, 0.717) is 24.2 Å². The number of rotatable bonds is 6. The van der Waals surface area contributed by atoms with Gasteiger partial charge in [-0.3, -0.25) is 4.79 Å². The number of carboxylic acid groups (broad SMARTS) is 1. The molecule has 1 aromatic rings. The summed E-state index contributed by atoms with van der Waals surface area (Å²) in [4.78, 5) is 23.1. The molecule has 1 rings (SSSR count). The lowest BCUT2D eigenvalue weighted by Gasteiger charge is -2.18. The normalized spacial score (nSPS) is 11.8. The maximum Gasteiger partial charge on any atom is 0.344 e. The molecule has 7 heteroatoms. The number of aliphatic carboxylic acids is 1. The predicted octanol–water partition coefficient (Wildman–Crippen LogP) is 2.89. The highest BCUT2D eigenvalue weighted by atomic mass is 127. The van der Waals surface area contributed by atoms with Crippen molar-refractivity contribution in [2.45, 2.75) is 25.9 Å². The fourth-order valence-corrected chi connectivity index (χ4v) is 3.59. The number of ether oxygens (including phenoxy) is 1. The first-order valence-corrected chi connectivity index (χ1v) is 8.17. The van der Waals surface area contributed by atoms with Crippen molar-refractivity contribution in [1.29, 1.82) is 0 Å². The zero-order valence-electron chi connectivity index (χ0n) is 11.1. The van der Waals surface area contributed by atoms with Crippen LogP contribution in [-0.2, 0) is 4.79 Å². The van der Waals surface area contributed by atoms with E-state index in [9.17, 15) is 9.59 Å². The SMILES string of the molecule is CCCC(Oc1c(I)cc(I)cc1C(=O)NC)C(=O)O. The molecule has 2 N–H and O–H groups in total. The summed E-state index contributed by atoms with van der Waals surface area (Å²) in [6.07, 6.45) is 0.134. The molecule has 0 saturated heterocycles. The van der Waals surface area contributed by atoms with Gasteiger partial charge in [-0.2, -0.15) is 0 Å². The van der Waals surface area contributed by atoms with Crippen LogP contribution in [0.1, 0.15) is 30.1 Å². The summed E-state index contributed by atoms with van der Waals surface area (Å²) in [5.41, 5.74) is 0.353. The second-order valence-corrected chi connectivity index (χ2v) is 6.48. The van der Waals surface area contributed by atoms with Crippen LogP contribution < -0.4 is 10.1 Å². The first-order valence-electron chi connectivity index (χ1n) is 6.01. The Kier molecular flexibility index (Phi) is 7.00. The van der Waals surface area contributed by atoms with Crippen molar-refractivity contribution >= 4 is 57.1 Å². The second-order valence-electron chi connectivity index (χ2n) is 4.08. The molecule has 0 saturated carbocycles. The topological polar surface area (TPSA) is 75.6 Å². The quantitative estimate of drug-likeness (QED) is 0.586. The van der Waals surface area contributed by atoms with Gasteiger partial charge in [-0.15, -0.1) is 0 Å². The third kappa shape index (κ3) is 4.47. The molecule has 5 nitrogen and oxygen atoms in total. The number of benzene rings is 1. The van der Waals surface area contributed by atoms with E-state index in [-0.39, 0.29) is 5.91 Å². The molecule has 0 bridgehead atoms. The molecule has 0 aliphatic heterocycles. The van der Waals surface area contributed by atoms with E-state index in [1.54, 1.807) is 6.07 Å². The van der Waals surface area contributed by atoms with Gasteiger partial charge in [0.15, 0.2) is 6.10 Å². The summed E-state index contributed by atoms with van der Waals surface area (Å²) in [6, 6.07) is 3.52. The summed E-state index contributed by atoms with van der Waals surface area (Å²) in [5.74, 6) is -0.993. The van der Waals surface area contributed by atoms with Crippen molar-refractivity contribution in [2.24, 2.45) is 0 Å². The molecule has 0 aliphatic rings. The molecule has 0 fully saturated rings. The summed E-state index contributed by atoms with van der Waals surface area (Å²) in [7, 11) is 1.53. The van der Waals surface area contributed by atoms with Crippen LogP contribution in [0.25, 0.3) is 0 Å². The van der Waals surface area contributed by atoms with Gasteiger partial charge in [-0.25, -0.2) is 4.79 Å². The lowest BCUT2D eigenvalue weighted by molar-refractivity contribution is -0.145. The first kappa shape index (κ1) is 17.5. The van der Waals surface area contributed by atoms with Gasteiger partial charge in [0, 0.05) is 10.6 Å². The number of nitrogens with one attached hydrogen (secondary N) is 1. The number of carbonyl (C=O) groups excluding carboxylic acids is 1. The molecule has 110 valence electrons. The van der Waals surface area contributed by atoms with E-state index >= 15 is 0 Å². The molecule has 0 radical (unpaired) electrons. The Balaban J connectivity index is 3.21. The molecule has 0 spiro atoms. The molecule has 20 heavy (non-hydrogen) atoms. The Labute approximate surface area is 144 Å². The maximum atomic E-state index is 11.9. The Hall–Kier alpha value is -0.580. The van der Waals surface area contributed by atoms with Gasteiger partial charge >= 0.3 is 5.97 Å². The van der Waals surface area contributed by atoms with Gasteiger partial charge in [0.05, 0.1) is 9.13 Å². The minimum atomic E-state index is -1.02. The average molecular weight is 503 g/mol. The molecule has 1 aromatic carbocycles. The van der Waals surface area contributed by atoms with Crippen molar-refractivity contribution in [3.63, 3.8) is 0 Å². The molecule has 1 unspecified atom stereocenters. The van der Waals surface area contributed by atoms with E-state index in [1.807, 2.05) is 35.6 Å². The third-order valence-corrected chi connectivity index (χ3v) is 3.99. The Morgan fingerprint density at radius 1 is 1.40 bits per heavy atom. The van der Waals surface area contributed by atoms with E-state index in [2.05, 4.69) is 27.9 Å². The summed E-state index contributed by atoms with van der Waals surface area (Å²) in [6.45, 7) is 1.89. The average Bonchev–Trinajstić information content (AvgIpc) is 2.39. The first-order chi connectivity index (χ1) is 9.40. The fraction of sp³-hybridized carbons (Fsp3) is 0.385. The zero-order chi connectivity index (χ0) is 15.3. The van der Waals surface area contributed by atoms with Crippen LogP contribution in [0.5, 0.6) is 5.75 Å². The van der Waals surface area contributed by atoms with Crippen LogP contribution >= 0.6 is 45.2 Å². The van der Waals surface area contributed by atoms with Gasteiger partial charge in [0.2, 0.25) is 0 Å². The highest BCUT2D eigenvalue weighted by Gasteiger charge is 2.23. The zero-order valence-corrected chi connectivity index (χ0v) is 15.4. The van der Waals surface area contributed by atoms with E-state index in [0.717, 1.165) is 7.14 Å². The summed E-state index contributed by atoms with van der Waals surface area (Å²) < 4.78 is 7.19. The summed E-state index contributed by atoms with van der Waals surface area (Å²) >= 11 is 4.15. The van der Waals surface area contributed by atoms with Gasteiger partial charge in [-0.05, 0) is 63.7 Å². The maximum absolute atomic E-state index is 11.9. The van der Waals surface area contributed by atoms with Gasteiger partial charge in [0.25, 0.3) is 5.91 Å². The molecule has 0 heterocycles. The number of carbonyl (C=O) groups is 2. The number of hydrogen-bond donors (Lipinski definition) is 2. The minimum absolute atomic E-state index is 0.294. The predicted molar refractivity (Wildman–Crippen MR) is 92.2 cm³/mol. The monoisotopic (exact) mass is 503 g/mol. The fourth-order valence-electron chi connectivity index (χ4n) is 1.62. The minimum Gasteiger partial charge on any atom is -0.479 e.